The molecule has 3 aromatic rings. The molecule has 0 saturated heterocycles. The first-order valence-corrected chi connectivity index (χ1v) is 10.4. The molecule has 0 aliphatic rings. The summed E-state index contributed by atoms with van der Waals surface area (Å²) in [6, 6.07) is 13.7. The highest BCUT2D eigenvalue weighted by molar-refractivity contribution is 14.0. The maximum absolute atomic E-state index is 5.57. The van der Waals surface area contributed by atoms with E-state index in [1.54, 1.807) is 14.2 Å². The molecule has 8 nitrogen and oxygen atoms in total. The smallest absolute Gasteiger partial charge is 0.257 e. The molecular weight excluding hydrogens is 521 g/mol. The van der Waals surface area contributed by atoms with Crippen molar-refractivity contribution in [3.8, 4) is 23.0 Å². The van der Waals surface area contributed by atoms with Gasteiger partial charge in [-0.25, -0.2) is 0 Å². The Kier molecular flexibility index (Phi) is 10.3. The molecule has 0 aliphatic heterocycles. The fourth-order valence-electron chi connectivity index (χ4n) is 3.03. The molecule has 2 aromatic carbocycles. The van der Waals surface area contributed by atoms with Gasteiger partial charge in [-0.2, -0.15) is 4.98 Å². The summed E-state index contributed by atoms with van der Waals surface area (Å²) in [4.78, 5) is 8.76. The highest BCUT2D eigenvalue weighted by Crippen LogP contribution is 2.30. The molecule has 0 fully saturated rings. The summed E-state index contributed by atoms with van der Waals surface area (Å²) in [6.07, 6.45) is 1.79. The molecule has 0 aliphatic carbocycles. The zero-order valence-electron chi connectivity index (χ0n) is 18.8. The average Bonchev–Trinajstić information content (AvgIpc) is 3.27. The van der Waals surface area contributed by atoms with Gasteiger partial charge < -0.3 is 24.6 Å². The van der Waals surface area contributed by atoms with Crippen molar-refractivity contribution >= 4 is 35.6 Å². The Balaban J connectivity index is 0.00000363. The number of aromatic nitrogens is 2. The van der Waals surface area contributed by atoms with Crippen LogP contribution in [0, 0.1) is 0 Å². The number of anilines is 1. The van der Waals surface area contributed by atoms with E-state index < -0.39 is 0 Å². The Morgan fingerprint density at radius 1 is 1.12 bits per heavy atom. The molecule has 172 valence electrons. The second kappa shape index (κ2) is 12.9. The van der Waals surface area contributed by atoms with Crippen molar-refractivity contribution in [3.63, 3.8) is 0 Å². The topological polar surface area (TPSA) is 93.8 Å². The minimum atomic E-state index is 0. The first-order chi connectivity index (χ1) is 15.2. The van der Waals surface area contributed by atoms with Crippen LogP contribution in [-0.2, 0) is 13.0 Å². The van der Waals surface area contributed by atoms with Crippen LogP contribution in [0.3, 0.4) is 0 Å². The van der Waals surface area contributed by atoms with Gasteiger partial charge in [-0.1, -0.05) is 24.2 Å². The quantitative estimate of drug-likeness (QED) is 0.222. The van der Waals surface area contributed by atoms with Crippen LogP contribution in [0.2, 0.25) is 0 Å². The summed E-state index contributed by atoms with van der Waals surface area (Å²) in [7, 11) is 3.35. The second-order valence-electron chi connectivity index (χ2n) is 6.82. The molecule has 0 atom stereocenters. The lowest BCUT2D eigenvalue weighted by atomic mass is 10.1. The van der Waals surface area contributed by atoms with Crippen molar-refractivity contribution < 1.29 is 14.0 Å². The van der Waals surface area contributed by atoms with Crippen LogP contribution in [0.25, 0.3) is 11.5 Å². The number of halogens is 1. The number of aryl methyl sites for hydroxylation is 1. The second-order valence-corrected chi connectivity index (χ2v) is 6.82. The summed E-state index contributed by atoms with van der Waals surface area (Å²) >= 11 is 0. The van der Waals surface area contributed by atoms with E-state index in [1.165, 1.54) is 0 Å². The Labute approximate surface area is 205 Å². The van der Waals surface area contributed by atoms with Crippen molar-refractivity contribution in [2.45, 2.75) is 33.2 Å². The van der Waals surface area contributed by atoms with Gasteiger partial charge in [-0.3, -0.25) is 4.99 Å². The summed E-state index contributed by atoms with van der Waals surface area (Å²) in [5.74, 6) is 3.28. The predicted octanol–water partition coefficient (Wildman–Crippen LogP) is 4.90. The maximum atomic E-state index is 5.57. The molecule has 0 spiro atoms. The van der Waals surface area contributed by atoms with Crippen molar-refractivity contribution in [2.24, 2.45) is 4.99 Å². The Hall–Kier alpha value is -2.82. The van der Waals surface area contributed by atoms with Crippen LogP contribution < -0.4 is 20.1 Å². The molecule has 0 bridgehead atoms. The highest BCUT2D eigenvalue weighted by Gasteiger charge is 2.10. The van der Waals surface area contributed by atoms with Crippen LogP contribution in [0.1, 0.15) is 31.7 Å². The fraction of sp³-hybridized carbons (Fsp3) is 0.348. The molecule has 0 saturated carbocycles. The summed E-state index contributed by atoms with van der Waals surface area (Å²) in [6.45, 7) is 5.19. The molecule has 32 heavy (non-hydrogen) atoms. The summed E-state index contributed by atoms with van der Waals surface area (Å²) in [5.41, 5.74) is 2.81. The van der Waals surface area contributed by atoms with Crippen molar-refractivity contribution in [2.75, 3.05) is 26.1 Å². The number of methoxy groups -OCH3 is 1. The lowest BCUT2D eigenvalue weighted by Gasteiger charge is -2.15. The van der Waals surface area contributed by atoms with Gasteiger partial charge in [0.2, 0.25) is 0 Å². The highest BCUT2D eigenvalue weighted by atomic mass is 127. The van der Waals surface area contributed by atoms with Gasteiger partial charge >= 0.3 is 0 Å². The van der Waals surface area contributed by atoms with Crippen LogP contribution in [0.5, 0.6) is 11.5 Å². The van der Waals surface area contributed by atoms with Gasteiger partial charge in [0.15, 0.2) is 23.3 Å². The van der Waals surface area contributed by atoms with Gasteiger partial charge in [0, 0.05) is 37.3 Å². The van der Waals surface area contributed by atoms with E-state index in [-0.39, 0.29) is 24.0 Å². The van der Waals surface area contributed by atoms with Crippen LogP contribution in [-0.4, -0.2) is 36.9 Å². The molecule has 0 radical (unpaired) electrons. The minimum absolute atomic E-state index is 0. The van der Waals surface area contributed by atoms with E-state index in [1.807, 2.05) is 49.4 Å². The number of hydrogen-bond acceptors (Lipinski definition) is 6. The largest absolute Gasteiger partial charge is 0.493 e. The number of rotatable bonds is 9. The number of aliphatic imine (C=N–C) groups is 1. The lowest BCUT2D eigenvalue weighted by Crippen LogP contribution is -2.30. The standard InChI is InChI=1S/C23H29N5O3.HI/c1-5-8-21-27-22(31-28-21)17-10-7-9-16(13-17)15-25-23(24-3)26-18-11-12-19(30-6-2)20(14-18)29-4;/h7,9-14H,5-6,8,15H2,1-4H3,(H2,24,25,26);1H. The zero-order valence-corrected chi connectivity index (χ0v) is 21.2. The maximum Gasteiger partial charge on any atom is 0.257 e. The Bertz CT molecular complexity index is 1020. The molecule has 0 unspecified atom stereocenters. The molecule has 9 heteroatoms. The molecule has 0 amide bonds. The number of ether oxygens (including phenoxy) is 2. The van der Waals surface area contributed by atoms with Gasteiger partial charge in [-0.05, 0) is 43.2 Å². The van der Waals surface area contributed by atoms with E-state index in [4.69, 9.17) is 14.0 Å². The molecular formula is C23H30IN5O3. The van der Waals surface area contributed by atoms with Gasteiger partial charge in [0.1, 0.15) is 0 Å². The van der Waals surface area contributed by atoms with Crippen molar-refractivity contribution in [1.29, 1.82) is 0 Å². The number of nitrogens with zero attached hydrogens (tertiary/aromatic N) is 3. The normalized spacial score (nSPS) is 10.9. The Morgan fingerprint density at radius 2 is 1.97 bits per heavy atom. The SMILES string of the molecule is CCCc1noc(-c2cccc(CNC(=NC)Nc3ccc(OCC)c(OC)c3)c2)n1.I. The summed E-state index contributed by atoms with van der Waals surface area (Å²) < 4.78 is 16.4. The Morgan fingerprint density at radius 3 is 2.69 bits per heavy atom. The minimum Gasteiger partial charge on any atom is -0.493 e. The first-order valence-electron chi connectivity index (χ1n) is 10.4. The fourth-order valence-corrected chi connectivity index (χ4v) is 3.03. The van der Waals surface area contributed by atoms with E-state index in [9.17, 15) is 0 Å². The number of hydrogen-bond donors (Lipinski definition) is 2. The molecule has 1 heterocycles. The third-order valence-electron chi connectivity index (χ3n) is 4.53. The van der Waals surface area contributed by atoms with Crippen LogP contribution in [0.4, 0.5) is 5.69 Å². The lowest BCUT2D eigenvalue weighted by molar-refractivity contribution is 0.311. The van der Waals surface area contributed by atoms with Crippen LogP contribution in [0.15, 0.2) is 52.0 Å². The van der Waals surface area contributed by atoms with E-state index in [2.05, 4.69) is 32.7 Å². The number of benzene rings is 2. The van der Waals surface area contributed by atoms with Crippen LogP contribution >= 0.6 is 24.0 Å². The van der Waals surface area contributed by atoms with Crippen molar-refractivity contribution in [1.82, 2.24) is 15.5 Å². The predicted molar refractivity (Wildman–Crippen MR) is 137 cm³/mol. The van der Waals surface area contributed by atoms with E-state index in [0.717, 1.165) is 35.5 Å². The third-order valence-corrected chi connectivity index (χ3v) is 4.53. The van der Waals surface area contributed by atoms with E-state index >= 15 is 0 Å². The number of guanidine groups is 1. The third kappa shape index (κ3) is 6.84. The molecule has 1 aromatic heterocycles. The monoisotopic (exact) mass is 551 g/mol. The van der Waals surface area contributed by atoms with E-state index in [0.29, 0.717) is 36.5 Å². The first kappa shape index (κ1) is 25.4. The van der Waals surface area contributed by atoms with Gasteiger partial charge in [0.25, 0.3) is 5.89 Å². The number of nitrogens with one attached hydrogen (secondary N) is 2. The molecule has 2 N–H and O–H groups in total. The average molecular weight is 551 g/mol. The van der Waals surface area contributed by atoms with Crippen molar-refractivity contribution in [3.05, 3.63) is 53.9 Å². The zero-order chi connectivity index (χ0) is 22.1. The summed E-state index contributed by atoms with van der Waals surface area (Å²) in [5, 5.41) is 10.6. The van der Waals surface area contributed by atoms with Gasteiger partial charge in [-0.15, -0.1) is 24.0 Å². The van der Waals surface area contributed by atoms with Gasteiger partial charge in [0.05, 0.1) is 13.7 Å². The molecule has 3 rings (SSSR count).